The predicted octanol–water partition coefficient (Wildman–Crippen LogP) is -1.21. The molecule has 0 spiro atoms. The van der Waals surface area contributed by atoms with Gasteiger partial charge in [0.15, 0.2) is 0 Å². The first-order valence-electron chi connectivity index (χ1n) is 20.1. The van der Waals surface area contributed by atoms with Crippen molar-refractivity contribution >= 4 is 65.1 Å². The molecule has 328 valence electrons. The Bertz CT molecular complexity index is 1450. The zero-order valence-electron chi connectivity index (χ0n) is 34.2. The molecular weight excluding hydrogens is 777 g/mol. The summed E-state index contributed by atoms with van der Waals surface area (Å²) in [6.07, 6.45) is 4.68. The lowest BCUT2D eigenvalue weighted by Crippen LogP contribution is -2.55. The topological polar surface area (TPSA) is 308 Å². The van der Waals surface area contributed by atoms with Gasteiger partial charge in [0, 0.05) is 36.3 Å². The first kappa shape index (κ1) is 49.5. The average Bonchev–Trinajstić information content (AvgIpc) is 3.73. The summed E-state index contributed by atoms with van der Waals surface area (Å²) in [5, 5.41) is 30.4. The van der Waals surface area contributed by atoms with Gasteiger partial charge in [0.1, 0.15) is 18.1 Å². The number of urea groups is 1. The minimum atomic E-state index is -1.11. The van der Waals surface area contributed by atoms with Crippen LogP contribution in [0.5, 0.6) is 0 Å². The Labute approximate surface area is 343 Å². The summed E-state index contributed by atoms with van der Waals surface area (Å²) in [6, 6.07) is -2.94. The van der Waals surface area contributed by atoms with Crippen molar-refractivity contribution < 1.29 is 48.4 Å². The van der Waals surface area contributed by atoms with Gasteiger partial charge in [-0.15, -0.1) is 0 Å². The van der Waals surface area contributed by atoms with E-state index in [0.29, 0.717) is 37.5 Å². The number of rotatable bonds is 27. The van der Waals surface area contributed by atoms with Crippen LogP contribution >= 0.6 is 11.8 Å². The third kappa shape index (κ3) is 17.9. The largest absolute Gasteiger partial charge is 0.368 e. The van der Waals surface area contributed by atoms with Crippen LogP contribution in [0.1, 0.15) is 98.8 Å². The highest BCUT2D eigenvalue weighted by Crippen LogP contribution is 2.33. The van der Waals surface area contributed by atoms with Crippen LogP contribution in [0.2, 0.25) is 0 Å². The van der Waals surface area contributed by atoms with Crippen molar-refractivity contribution in [2.45, 2.75) is 134 Å². The fourth-order valence-electron chi connectivity index (χ4n) is 6.60. The molecule has 0 bridgehead atoms. The Kier molecular flexibility index (Phi) is 21.9. The van der Waals surface area contributed by atoms with E-state index in [2.05, 4.69) is 42.5 Å². The number of hydrogen-bond acceptors (Lipinski definition) is 11. The zero-order chi connectivity index (χ0) is 43.4. The fourth-order valence-corrected chi connectivity index (χ4v) is 8.14. The number of fused-ring (bicyclic) bond motifs is 1. The minimum Gasteiger partial charge on any atom is -0.368 e. The summed E-state index contributed by atoms with van der Waals surface area (Å²) in [5.74, 6) is -5.04. The molecule has 0 aromatic rings. The summed E-state index contributed by atoms with van der Waals surface area (Å²) < 4.78 is 0. The van der Waals surface area contributed by atoms with E-state index in [-0.39, 0.29) is 55.1 Å². The van der Waals surface area contributed by atoms with Gasteiger partial charge >= 0.3 is 6.03 Å². The molecule has 12 N–H and O–H groups in total. The second-order valence-corrected chi connectivity index (χ2v) is 16.7. The Morgan fingerprint density at radius 3 is 2.16 bits per heavy atom. The quantitative estimate of drug-likeness (QED) is 0.0202. The second kappa shape index (κ2) is 25.6. The Morgan fingerprint density at radius 2 is 1.50 bits per heavy atom. The van der Waals surface area contributed by atoms with E-state index >= 15 is 0 Å². The molecule has 2 rings (SSSR count). The van der Waals surface area contributed by atoms with E-state index in [4.69, 9.17) is 10.9 Å². The normalized spacial score (nSPS) is 19.5. The van der Waals surface area contributed by atoms with E-state index in [1.807, 2.05) is 32.5 Å². The number of carbonyl (C=O) groups is 9. The van der Waals surface area contributed by atoms with Crippen molar-refractivity contribution in [2.75, 3.05) is 25.4 Å². The highest BCUT2D eigenvalue weighted by molar-refractivity contribution is 8.00. The molecule has 8 atom stereocenters. The molecule has 2 unspecified atom stereocenters. The van der Waals surface area contributed by atoms with Crippen LogP contribution in [-0.2, 0) is 38.4 Å². The highest BCUT2D eigenvalue weighted by atomic mass is 32.2. The van der Waals surface area contributed by atoms with Crippen LogP contribution in [0.3, 0.4) is 0 Å². The first-order chi connectivity index (χ1) is 27.4. The van der Waals surface area contributed by atoms with Gasteiger partial charge in [-0.2, -0.15) is 11.8 Å². The van der Waals surface area contributed by atoms with E-state index in [1.165, 1.54) is 12.4 Å². The zero-order valence-corrected chi connectivity index (χ0v) is 35.0. The fraction of sp³-hybridized carbons (Fsp3) is 0.757. The van der Waals surface area contributed by atoms with Crippen LogP contribution in [0.4, 0.5) is 4.79 Å². The maximum absolute atomic E-state index is 13.1. The number of nitrogens with two attached hydrogens (primary N) is 1. The monoisotopic (exact) mass is 840 g/mol. The van der Waals surface area contributed by atoms with Crippen molar-refractivity contribution in [2.24, 2.45) is 23.5 Å². The first-order valence-corrected chi connectivity index (χ1v) is 21.1. The molecule has 2 heterocycles. The van der Waals surface area contributed by atoms with Crippen molar-refractivity contribution in [1.82, 2.24) is 48.0 Å². The molecule has 0 aliphatic carbocycles. The summed E-state index contributed by atoms with van der Waals surface area (Å²) in [5.41, 5.74) is 6.98. The maximum Gasteiger partial charge on any atom is 0.315 e. The number of hydrogen-bond donors (Lipinski definition) is 11. The lowest BCUT2D eigenvalue weighted by molar-refractivity contribution is -0.138. The predicted molar refractivity (Wildman–Crippen MR) is 214 cm³/mol. The van der Waals surface area contributed by atoms with Gasteiger partial charge in [-0.25, -0.2) is 10.3 Å². The van der Waals surface area contributed by atoms with Gasteiger partial charge in [-0.1, -0.05) is 40.5 Å². The molecule has 58 heavy (non-hydrogen) atoms. The highest BCUT2D eigenvalue weighted by Gasteiger charge is 2.42. The van der Waals surface area contributed by atoms with E-state index in [0.717, 1.165) is 25.0 Å². The van der Waals surface area contributed by atoms with Crippen molar-refractivity contribution in [3.8, 4) is 0 Å². The summed E-state index contributed by atoms with van der Waals surface area (Å²) in [6.45, 7) is 8.07. The Morgan fingerprint density at radius 1 is 0.793 bits per heavy atom. The van der Waals surface area contributed by atoms with Gasteiger partial charge in [-0.05, 0) is 57.3 Å². The molecule has 0 aromatic carbocycles. The SMILES string of the molecule is CCC(C)C(CC(=O)NO)C(=O)N[C@@H](CC(C)C)C(=O)N[C@@H](C)C(=O)NCC(=O)NCC(=O)N[C@@H](CCCCNC(=O)CCCC[C@@H]1SC[C@@H]2NC(=O)N[C@@H]21)C(N)=O. The second-order valence-electron chi connectivity index (χ2n) is 15.4. The summed E-state index contributed by atoms with van der Waals surface area (Å²) in [4.78, 5) is 111. The minimum absolute atomic E-state index is 0.0268. The average molecular weight is 841 g/mol. The van der Waals surface area contributed by atoms with Crippen LogP contribution in [-0.4, -0.2) is 119 Å². The van der Waals surface area contributed by atoms with E-state index in [9.17, 15) is 43.2 Å². The van der Waals surface area contributed by atoms with Gasteiger partial charge < -0.3 is 48.3 Å². The lowest BCUT2D eigenvalue weighted by atomic mass is 9.87. The van der Waals surface area contributed by atoms with Crippen LogP contribution in [0.15, 0.2) is 0 Å². The molecule has 10 amide bonds. The number of primary amides is 1. The molecule has 2 aliphatic heterocycles. The summed E-state index contributed by atoms with van der Waals surface area (Å²) in [7, 11) is 0. The smallest absolute Gasteiger partial charge is 0.315 e. The van der Waals surface area contributed by atoms with Gasteiger partial charge in [0.2, 0.25) is 47.3 Å². The molecule has 2 aliphatic rings. The maximum atomic E-state index is 13.1. The molecule has 2 saturated heterocycles. The molecule has 20 nitrogen and oxygen atoms in total. The molecular formula is C37H64N10O10S. The van der Waals surface area contributed by atoms with Crippen molar-refractivity contribution in [3.63, 3.8) is 0 Å². The molecule has 0 radical (unpaired) electrons. The van der Waals surface area contributed by atoms with Gasteiger partial charge in [0.05, 0.1) is 25.2 Å². The lowest BCUT2D eigenvalue weighted by Gasteiger charge is -2.26. The number of thioether (sulfide) groups is 1. The number of hydroxylamine groups is 1. The third-order valence-corrected chi connectivity index (χ3v) is 11.7. The Balaban J connectivity index is 1.66. The van der Waals surface area contributed by atoms with Gasteiger partial charge in [-0.3, -0.25) is 43.6 Å². The number of nitrogens with one attached hydrogen (secondary N) is 9. The number of amides is 10. The molecule has 0 saturated carbocycles. The molecule has 2 fully saturated rings. The van der Waals surface area contributed by atoms with Gasteiger partial charge in [0.25, 0.3) is 0 Å². The standard InChI is InChI=1S/C37H64N10O10S/c1-6-21(4)23(16-29(49)47-57)35(54)44-25(15-20(2)3)36(55)42-22(5)34(53)41-17-30(50)40-18-31(51)43-24(33(38)52)11-9-10-14-39-28(48)13-8-7-12-27-32-26(19-58-27)45-37(56)46-32/h20-27,32,57H,6-19H2,1-5H3,(H2,38,52)(H,39,48)(H,40,50)(H,41,53)(H,42,55)(H,43,51)(H,44,54)(H,47,49)(H2,45,46,56)/t21?,22-,23?,24-,25-,26-,27-,32-/m0/s1. The summed E-state index contributed by atoms with van der Waals surface area (Å²) >= 11 is 1.84. The van der Waals surface area contributed by atoms with Crippen molar-refractivity contribution in [3.05, 3.63) is 0 Å². The van der Waals surface area contributed by atoms with Crippen LogP contribution < -0.4 is 53.7 Å². The number of unbranched alkanes of at least 4 members (excludes halogenated alkanes) is 2. The van der Waals surface area contributed by atoms with Crippen LogP contribution in [0, 0.1) is 17.8 Å². The van der Waals surface area contributed by atoms with Crippen LogP contribution in [0.25, 0.3) is 0 Å². The third-order valence-electron chi connectivity index (χ3n) is 10.2. The molecule has 0 aromatic heterocycles. The Hall–Kier alpha value is -4.66. The van der Waals surface area contributed by atoms with E-state index in [1.54, 1.807) is 6.92 Å². The number of carbonyl (C=O) groups excluding carboxylic acids is 9. The molecule has 21 heteroatoms. The van der Waals surface area contributed by atoms with E-state index < -0.39 is 78.5 Å². The van der Waals surface area contributed by atoms with Crippen molar-refractivity contribution in [1.29, 1.82) is 0 Å².